The van der Waals surface area contributed by atoms with Crippen LogP contribution in [-0.4, -0.2) is 58.9 Å². The van der Waals surface area contributed by atoms with Gasteiger partial charge in [-0.1, -0.05) is 12.1 Å². The molecule has 0 bridgehead atoms. The quantitative estimate of drug-likeness (QED) is 0.718. The summed E-state index contributed by atoms with van der Waals surface area (Å²) in [4.78, 5) is 39.4. The minimum Gasteiger partial charge on any atom is -0.326 e. The summed E-state index contributed by atoms with van der Waals surface area (Å²) in [6.45, 7) is 0.386. The average molecular weight is 410 g/mol. The Morgan fingerprint density at radius 3 is 2.59 bits per heavy atom. The maximum absolute atomic E-state index is 13.1. The van der Waals surface area contributed by atoms with Gasteiger partial charge in [0.05, 0.1) is 5.92 Å². The average Bonchev–Trinajstić information content (AvgIpc) is 3.16. The van der Waals surface area contributed by atoms with Crippen molar-refractivity contribution in [1.82, 2.24) is 15.1 Å². The number of nitrogens with zero attached hydrogens (tertiary/aromatic N) is 2. The molecule has 0 aromatic heterocycles. The van der Waals surface area contributed by atoms with Crippen molar-refractivity contribution in [3.63, 3.8) is 0 Å². The van der Waals surface area contributed by atoms with Crippen LogP contribution < -0.4 is 11.1 Å². The topological polar surface area (TPSA) is 95.7 Å². The van der Waals surface area contributed by atoms with E-state index in [9.17, 15) is 27.6 Å². The van der Waals surface area contributed by atoms with Crippen molar-refractivity contribution < 1.29 is 27.6 Å². The molecular formula is C19H21F3N4O3. The highest BCUT2D eigenvalue weighted by Crippen LogP contribution is 2.35. The van der Waals surface area contributed by atoms with Crippen LogP contribution in [-0.2, 0) is 22.7 Å². The van der Waals surface area contributed by atoms with Crippen LogP contribution in [0.1, 0.15) is 34.3 Å². The molecule has 0 saturated carbocycles. The van der Waals surface area contributed by atoms with Gasteiger partial charge >= 0.3 is 6.18 Å². The molecule has 3 atom stereocenters. The SMILES string of the molecule is N[C@@H]1CN(Cc2cccc3c2CN(C2CCC(=O)NC2=O)C3=O)C[C@H]1C(F)(F)F. The van der Waals surface area contributed by atoms with Crippen molar-refractivity contribution in [3.05, 3.63) is 34.9 Å². The van der Waals surface area contributed by atoms with Gasteiger partial charge in [-0.05, 0) is 23.6 Å². The van der Waals surface area contributed by atoms with Crippen LogP contribution >= 0.6 is 0 Å². The van der Waals surface area contributed by atoms with Crippen LogP contribution in [0.2, 0.25) is 0 Å². The van der Waals surface area contributed by atoms with Crippen molar-refractivity contribution in [3.8, 4) is 0 Å². The summed E-state index contributed by atoms with van der Waals surface area (Å²) in [5.74, 6) is -2.73. The maximum Gasteiger partial charge on any atom is 0.394 e. The molecule has 156 valence electrons. The minimum absolute atomic E-state index is 0.124. The highest BCUT2D eigenvalue weighted by atomic mass is 19.4. The van der Waals surface area contributed by atoms with Crippen LogP contribution in [0, 0.1) is 5.92 Å². The minimum atomic E-state index is -4.34. The van der Waals surface area contributed by atoms with Gasteiger partial charge in [-0.15, -0.1) is 0 Å². The van der Waals surface area contributed by atoms with Crippen molar-refractivity contribution in [2.45, 2.75) is 44.2 Å². The lowest BCUT2D eigenvalue weighted by atomic mass is 10.0. The standard InChI is InChI=1S/C19H21F3N4O3/c20-19(21,22)13-8-25(9-14(13)23)6-10-2-1-3-11-12(10)7-26(18(11)29)15-4-5-16(27)24-17(15)28/h1-3,13-15H,4-9,23H2,(H,24,27,28)/t13-,14-,15?/m1/s1. The van der Waals surface area contributed by atoms with Crippen molar-refractivity contribution in [2.24, 2.45) is 11.7 Å². The Bertz CT molecular complexity index is 873. The number of benzene rings is 1. The van der Waals surface area contributed by atoms with Gasteiger partial charge in [-0.3, -0.25) is 24.6 Å². The Kier molecular flexibility index (Phi) is 4.86. The number of likely N-dealkylation sites (tertiary alicyclic amines) is 1. The summed E-state index contributed by atoms with van der Waals surface area (Å²) in [5.41, 5.74) is 7.61. The molecule has 2 saturated heterocycles. The highest BCUT2D eigenvalue weighted by molar-refractivity contribution is 6.05. The number of piperidine rings is 1. The zero-order chi connectivity index (χ0) is 20.9. The number of fused-ring (bicyclic) bond motifs is 1. The number of hydrogen-bond acceptors (Lipinski definition) is 5. The van der Waals surface area contributed by atoms with Gasteiger partial charge in [0.1, 0.15) is 6.04 Å². The van der Waals surface area contributed by atoms with Crippen LogP contribution in [0.4, 0.5) is 13.2 Å². The lowest BCUT2D eigenvalue weighted by Crippen LogP contribution is -2.52. The number of carbonyl (C=O) groups excluding carboxylic acids is 3. The van der Waals surface area contributed by atoms with E-state index in [2.05, 4.69) is 5.32 Å². The van der Waals surface area contributed by atoms with Crippen molar-refractivity contribution in [1.29, 1.82) is 0 Å². The summed E-state index contributed by atoms with van der Waals surface area (Å²) in [6, 6.07) is 3.43. The second-order valence-corrected chi connectivity index (χ2v) is 7.85. The Morgan fingerprint density at radius 1 is 1.17 bits per heavy atom. The van der Waals surface area contributed by atoms with Gasteiger partial charge in [0.2, 0.25) is 11.8 Å². The molecule has 29 heavy (non-hydrogen) atoms. The molecule has 10 heteroatoms. The van der Waals surface area contributed by atoms with E-state index in [1.807, 2.05) is 0 Å². The molecule has 1 aromatic carbocycles. The van der Waals surface area contributed by atoms with Crippen LogP contribution in [0.3, 0.4) is 0 Å². The number of hydrogen-bond donors (Lipinski definition) is 2. The van der Waals surface area contributed by atoms with E-state index < -0.39 is 30.1 Å². The van der Waals surface area contributed by atoms with Gasteiger partial charge in [-0.2, -0.15) is 13.2 Å². The molecule has 3 heterocycles. The lowest BCUT2D eigenvalue weighted by Gasteiger charge is -2.29. The van der Waals surface area contributed by atoms with E-state index >= 15 is 0 Å². The molecule has 3 amide bonds. The largest absolute Gasteiger partial charge is 0.394 e. The van der Waals surface area contributed by atoms with Crippen LogP contribution in [0.15, 0.2) is 18.2 Å². The number of carbonyl (C=O) groups is 3. The summed E-state index contributed by atoms with van der Waals surface area (Å²) in [6.07, 6.45) is -3.92. The van der Waals surface area contributed by atoms with E-state index in [4.69, 9.17) is 5.73 Å². The Balaban J connectivity index is 1.52. The number of imide groups is 1. The highest BCUT2D eigenvalue weighted by Gasteiger charge is 2.48. The molecule has 0 aliphatic carbocycles. The Morgan fingerprint density at radius 2 is 1.93 bits per heavy atom. The first kappa shape index (κ1) is 19.8. The molecule has 3 aliphatic heterocycles. The van der Waals surface area contributed by atoms with Crippen molar-refractivity contribution >= 4 is 17.7 Å². The lowest BCUT2D eigenvalue weighted by molar-refractivity contribution is -0.173. The van der Waals surface area contributed by atoms with Gasteiger partial charge in [0.25, 0.3) is 5.91 Å². The predicted molar refractivity (Wildman–Crippen MR) is 95.3 cm³/mol. The first-order valence-corrected chi connectivity index (χ1v) is 9.45. The van der Waals surface area contributed by atoms with E-state index in [0.717, 1.165) is 5.56 Å². The molecule has 3 aliphatic rings. The fourth-order valence-corrected chi connectivity index (χ4v) is 4.43. The molecule has 0 radical (unpaired) electrons. The van der Waals surface area contributed by atoms with E-state index in [1.54, 1.807) is 23.1 Å². The summed E-state index contributed by atoms with van der Waals surface area (Å²) < 4.78 is 39.3. The number of nitrogens with two attached hydrogens (primary N) is 1. The van der Waals surface area contributed by atoms with E-state index in [1.165, 1.54) is 4.90 Å². The fraction of sp³-hybridized carbons (Fsp3) is 0.526. The maximum atomic E-state index is 13.1. The zero-order valence-corrected chi connectivity index (χ0v) is 15.5. The van der Waals surface area contributed by atoms with Gasteiger partial charge in [0, 0.05) is 44.2 Å². The van der Waals surface area contributed by atoms with Gasteiger partial charge < -0.3 is 10.6 Å². The molecule has 4 rings (SSSR count). The number of alkyl halides is 3. The monoisotopic (exact) mass is 410 g/mol. The van der Waals surface area contributed by atoms with Crippen LogP contribution in [0.25, 0.3) is 0 Å². The second kappa shape index (κ2) is 7.10. The molecule has 7 nitrogen and oxygen atoms in total. The number of amides is 3. The van der Waals surface area contributed by atoms with E-state index in [0.29, 0.717) is 11.1 Å². The van der Waals surface area contributed by atoms with Gasteiger partial charge in [0.15, 0.2) is 0 Å². The molecule has 0 spiro atoms. The summed E-state index contributed by atoms with van der Waals surface area (Å²) in [5, 5.41) is 2.25. The van der Waals surface area contributed by atoms with Crippen LogP contribution in [0.5, 0.6) is 0 Å². The van der Waals surface area contributed by atoms with Crippen molar-refractivity contribution in [2.75, 3.05) is 13.1 Å². The molecular weight excluding hydrogens is 389 g/mol. The molecule has 1 aromatic rings. The fourth-order valence-electron chi connectivity index (χ4n) is 4.43. The Labute approximate surface area is 165 Å². The zero-order valence-electron chi connectivity index (χ0n) is 15.5. The first-order valence-electron chi connectivity index (χ1n) is 9.45. The number of rotatable bonds is 3. The third-order valence-electron chi connectivity index (χ3n) is 5.93. The third kappa shape index (κ3) is 3.62. The molecule has 2 fully saturated rings. The number of halogens is 3. The molecule has 1 unspecified atom stereocenters. The molecule has 3 N–H and O–H groups in total. The predicted octanol–water partition coefficient (Wildman–Crippen LogP) is 0.769. The normalized spacial score (nSPS) is 28.1. The summed E-state index contributed by atoms with van der Waals surface area (Å²) in [7, 11) is 0. The first-order chi connectivity index (χ1) is 13.6. The summed E-state index contributed by atoms with van der Waals surface area (Å²) >= 11 is 0. The van der Waals surface area contributed by atoms with Gasteiger partial charge in [-0.25, -0.2) is 0 Å². The Hall–Kier alpha value is -2.46. The second-order valence-electron chi connectivity index (χ2n) is 7.85. The van der Waals surface area contributed by atoms with E-state index in [-0.39, 0.29) is 50.8 Å². The smallest absolute Gasteiger partial charge is 0.326 e. The number of nitrogens with one attached hydrogen (secondary N) is 1. The third-order valence-corrected chi connectivity index (χ3v) is 5.93.